The van der Waals surface area contributed by atoms with E-state index in [2.05, 4.69) is 10.6 Å². The molecule has 1 aromatic carbocycles. The molecule has 6 nitrogen and oxygen atoms in total. The lowest BCUT2D eigenvalue weighted by atomic mass is 10.0. The van der Waals surface area contributed by atoms with Crippen molar-refractivity contribution in [1.29, 1.82) is 0 Å². The summed E-state index contributed by atoms with van der Waals surface area (Å²) in [7, 11) is -1.89. The number of rotatable bonds is 6. The van der Waals surface area contributed by atoms with Gasteiger partial charge in [0.25, 0.3) is 0 Å². The standard InChI is InChI=1S/C15H23N3O3S/c1-11(2)18(3)22(20,21)14-6-4-12(5-7-14)8-17-15(19)13-9-16-10-13/h4-7,11,13,16H,8-10H2,1-3H3,(H,17,19). The van der Waals surface area contributed by atoms with Crippen molar-refractivity contribution in [1.82, 2.24) is 14.9 Å². The van der Waals surface area contributed by atoms with E-state index in [4.69, 9.17) is 0 Å². The minimum atomic E-state index is -3.46. The van der Waals surface area contributed by atoms with Crippen LogP contribution in [0.25, 0.3) is 0 Å². The van der Waals surface area contributed by atoms with E-state index in [1.807, 2.05) is 13.8 Å². The fourth-order valence-electron chi connectivity index (χ4n) is 2.03. The van der Waals surface area contributed by atoms with Crippen molar-refractivity contribution in [3.8, 4) is 0 Å². The molecule has 22 heavy (non-hydrogen) atoms. The molecule has 0 unspecified atom stereocenters. The second kappa shape index (κ2) is 6.76. The Bertz CT molecular complexity index is 622. The topological polar surface area (TPSA) is 78.5 Å². The summed E-state index contributed by atoms with van der Waals surface area (Å²) in [6.07, 6.45) is 0. The molecule has 7 heteroatoms. The quantitative estimate of drug-likeness (QED) is 0.801. The molecule has 2 rings (SSSR count). The molecule has 1 heterocycles. The van der Waals surface area contributed by atoms with Gasteiger partial charge in [-0.25, -0.2) is 8.42 Å². The first-order valence-corrected chi connectivity index (χ1v) is 8.82. The molecule has 0 radical (unpaired) electrons. The second-order valence-corrected chi connectivity index (χ2v) is 7.83. The Labute approximate surface area is 131 Å². The third kappa shape index (κ3) is 3.66. The molecule has 1 saturated heterocycles. The molecular formula is C15H23N3O3S. The smallest absolute Gasteiger partial charge is 0.243 e. The number of nitrogens with zero attached hydrogens (tertiary/aromatic N) is 1. The number of benzene rings is 1. The predicted molar refractivity (Wildman–Crippen MR) is 84.7 cm³/mol. The first-order valence-electron chi connectivity index (χ1n) is 7.38. The van der Waals surface area contributed by atoms with Crippen LogP contribution in [0.4, 0.5) is 0 Å². The molecule has 1 aliphatic rings. The highest BCUT2D eigenvalue weighted by atomic mass is 32.2. The maximum atomic E-state index is 12.3. The summed E-state index contributed by atoms with van der Waals surface area (Å²) in [6.45, 7) is 5.53. The van der Waals surface area contributed by atoms with Crippen molar-refractivity contribution in [2.75, 3.05) is 20.1 Å². The van der Waals surface area contributed by atoms with Crippen molar-refractivity contribution >= 4 is 15.9 Å². The zero-order valence-electron chi connectivity index (χ0n) is 13.2. The van der Waals surface area contributed by atoms with Gasteiger partial charge in [0.1, 0.15) is 0 Å². The van der Waals surface area contributed by atoms with E-state index in [0.29, 0.717) is 6.54 Å². The zero-order chi connectivity index (χ0) is 16.3. The first-order chi connectivity index (χ1) is 10.3. The molecule has 0 bridgehead atoms. The fraction of sp³-hybridized carbons (Fsp3) is 0.533. The van der Waals surface area contributed by atoms with Crippen LogP contribution < -0.4 is 10.6 Å². The van der Waals surface area contributed by atoms with Gasteiger partial charge in [0.15, 0.2) is 0 Å². The van der Waals surface area contributed by atoms with Gasteiger partial charge >= 0.3 is 0 Å². The van der Waals surface area contributed by atoms with Gasteiger partial charge in [-0.2, -0.15) is 4.31 Å². The molecule has 1 aliphatic heterocycles. The third-order valence-electron chi connectivity index (χ3n) is 3.95. The average molecular weight is 325 g/mol. The van der Waals surface area contributed by atoms with E-state index in [1.54, 1.807) is 31.3 Å². The summed E-state index contributed by atoms with van der Waals surface area (Å²) >= 11 is 0. The van der Waals surface area contributed by atoms with Gasteiger partial charge in [-0.05, 0) is 31.5 Å². The van der Waals surface area contributed by atoms with E-state index in [-0.39, 0.29) is 22.8 Å². The van der Waals surface area contributed by atoms with E-state index >= 15 is 0 Å². The van der Waals surface area contributed by atoms with Crippen LogP contribution in [0, 0.1) is 5.92 Å². The number of nitrogens with one attached hydrogen (secondary N) is 2. The molecular weight excluding hydrogens is 302 g/mol. The highest BCUT2D eigenvalue weighted by molar-refractivity contribution is 7.89. The van der Waals surface area contributed by atoms with Crippen LogP contribution in [0.5, 0.6) is 0 Å². The molecule has 2 N–H and O–H groups in total. The van der Waals surface area contributed by atoms with E-state index in [0.717, 1.165) is 18.7 Å². The van der Waals surface area contributed by atoms with Crippen LogP contribution >= 0.6 is 0 Å². The summed E-state index contributed by atoms with van der Waals surface area (Å²) in [5.41, 5.74) is 0.881. The maximum absolute atomic E-state index is 12.3. The van der Waals surface area contributed by atoms with Crippen LogP contribution in [0.15, 0.2) is 29.2 Å². The highest BCUT2D eigenvalue weighted by Crippen LogP contribution is 2.17. The predicted octanol–water partition coefficient (Wildman–Crippen LogP) is 0.551. The monoisotopic (exact) mass is 325 g/mol. The number of hydrogen-bond acceptors (Lipinski definition) is 4. The Morgan fingerprint density at radius 2 is 1.91 bits per heavy atom. The van der Waals surface area contributed by atoms with Gasteiger partial charge in [-0.1, -0.05) is 12.1 Å². The van der Waals surface area contributed by atoms with Crippen LogP contribution in [-0.4, -0.2) is 44.8 Å². The maximum Gasteiger partial charge on any atom is 0.243 e. The van der Waals surface area contributed by atoms with Crippen LogP contribution in [-0.2, 0) is 21.4 Å². The van der Waals surface area contributed by atoms with Crippen LogP contribution in [0.3, 0.4) is 0 Å². The van der Waals surface area contributed by atoms with Gasteiger partial charge in [-0.15, -0.1) is 0 Å². The Morgan fingerprint density at radius 3 is 2.36 bits per heavy atom. The van der Waals surface area contributed by atoms with Crippen molar-refractivity contribution in [3.05, 3.63) is 29.8 Å². The zero-order valence-corrected chi connectivity index (χ0v) is 14.0. The second-order valence-electron chi connectivity index (χ2n) is 5.83. The summed E-state index contributed by atoms with van der Waals surface area (Å²) in [4.78, 5) is 12.0. The average Bonchev–Trinajstić information content (AvgIpc) is 2.42. The lowest BCUT2D eigenvalue weighted by Gasteiger charge is -2.25. The van der Waals surface area contributed by atoms with E-state index in [1.165, 1.54) is 4.31 Å². The SMILES string of the molecule is CC(C)N(C)S(=O)(=O)c1ccc(CNC(=O)C2CNC2)cc1. The van der Waals surface area contributed by atoms with Crippen molar-refractivity contribution in [3.63, 3.8) is 0 Å². The molecule has 0 saturated carbocycles. The molecule has 1 amide bonds. The van der Waals surface area contributed by atoms with Crippen molar-refractivity contribution in [2.24, 2.45) is 5.92 Å². The number of carbonyl (C=O) groups is 1. The number of hydrogen-bond donors (Lipinski definition) is 2. The minimum absolute atomic E-state index is 0.0370. The molecule has 0 aromatic heterocycles. The molecule has 1 aromatic rings. The summed E-state index contributed by atoms with van der Waals surface area (Å²) in [5, 5.41) is 5.91. The first kappa shape index (κ1) is 16.9. The summed E-state index contributed by atoms with van der Waals surface area (Å²) < 4.78 is 26.0. The largest absolute Gasteiger partial charge is 0.352 e. The minimum Gasteiger partial charge on any atom is -0.352 e. The fourth-order valence-corrected chi connectivity index (χ4v) is 3.40. The molecule has 0 aliphatic carbocycles. The molecule has 0 atom stereocenters. The highest BCUT2D eigenvalue weighted by Gasteiger charge is 2.25. The van der Waals surface area contributed by atoms with Gasteiger partial charge in [0.2, 0.25) is 15.9 Å². The van der Waals surface area contributed by atoms with Gasteiger partial charge in [0, 0.05) is 32.7 Å². The van der Waals surface area contributed by atoms with E-state index < -0.39 is 10.0 Å². The number of amides is 1. The van der Waals surface area contributed by atoms with Gasteiger partial charge < -0.3 is 10.6 Å². The molecule has 1 fully saturated rings. The van der Waals surface area contributed by atoms with E-state index in [9.17, 15) is 13.2 Å². The Hall–Kier alpha value is -1.44. The Kier molecular flexibility index (Phi) is 5.20. The van der Waals surface area contributed by atoms with Crippen molar-refractivity contribution in [2.45, 2.75) is 31.3 Å². The van der Waals surface area contributed by atoms with Crippen molar-refractivity contribution < 1.29 is 13.2 Å². The normalized spacial score (nSPS) is 15.9. The molecule has 122 valence electrons. The third-order valence-corrected chi connectivity index (χ3v) is 5.99. The summed E-state index contributed by atoms with van der Waals surface area (Å²) in [6, 6.07) is 6.54. The lowest BCUT2D eigenvalue weighted by Crippen LogP contribution is -2.50. The van der Waals surface area contributed by atoms with Crippen LogP contribution in [0.2, 0.25) is 0 Å². The molecule has 0 spiro atoms. The Balaban J connectivity index is 1.99. The Morgan fingerprint density at radius 1 is 1.32 bits per heavy atom. The lowest BCUT2D eigenvalue weighted by molar-refractivity contribution is -0.126. The number of carbonyl (C=O) groups excluding carboxylic acids is 1. The summed E-state index contributed by atoms with van der Waals surface area (Å²) in [5.74, 6) is 0.0920. The van der Waals surface area contributed by atoms with Crippen LogP contribution in [0.1, 0.15) is 19.4 Å². The van der Waals surface area contributed by atoms with Gasteiger partial charge in [-0.3, -0.25) is 4.79 Å². The number of sulfonamides is 1. The van der Waals surface area contributed by atoms with Gasteiger partial charge in [0.05, 0.1) is 10.8 Å².